The Morgan fingerprint density at radius 3 is 2.47 bits per heavy atom. The van der Waals surface area contributed by atoms with Crippen LogP contribution < -0.4 is 5.32 Å². The largest absolute Gasteiger partial charge is 0.348 e. The molecule has 3 nitrogen and oxygen atoms in total. The second kappa shape index (κ2) is 5.28. The van der Waals surface area contributed by atoms with Gasteiger partial charge in [-0.15, -0.1) is 0 Å². The van der Waals surface area contributed by atoms with Crippen molar-refractivity contribution in [2.75, 3.05) is 26.3 Å². The smallest absolute Gasteiger partial charge is 0.168 e. The molecular weight excluding hydrogens is 190 g/mol. The van der Waals surface area contributed by atoms with Crippen molar-refractivity contribution in [1.82, 2.24) is 5.32 Å². The zero-order valence-corrected chi connectivity index (χ0v) is 9.76. The molecule has 1 saturated carbocycles. The van der Waals surface area contributed by atoms with Gasteiger partial charge in [-0.25, -0.2) is 0 Å². The summed E-state index contributed by atoms with van der Waals surface area (Å²) in [6.45, 7) is 6.00. The van der Waals surface area contributed by atoms with E-state index in [4.69, 9.17) is 9.47 Å². The maximum absolute atomic E-state index is 5.72. The quantitative estimate of drug-likeness (QED) is 0.724. The molecule has 2 rings (SSSR count). The third-order valence-corrected chi connectivity index (χ3v) is 3.66. The SMILES string of the molecule is CCNCCC1CCC2(CC1)OCCO2. The molecule has 2 aliphatic rings. The van der Waals surface area contributed by atoms with Gasteiger partial charge in [-0.2, -0.15) is 0 Å². The molecule has 0 aromatic carbocycles. The number of ether oxygens (including phenoxy) is 2. The van der Waals surface area contributed by atoms with E-state index in [1.165, 1.54) is 19.3 Å². The van der Waals surface area contributed by atoms with E-state index in [1.54, 1.807) is 0 Å². The lowest BCUT2D eigenvalue weighted by atomic mass is 9.83. The number of nitrogens with one attached hydrogen (secondary N) is 1. The van der Waals surface area contributed by atoms with Crippen molar-refractivity contribution < 1.29 is 9.47 Å². The fourth-order valence-electron chi connectivity index (χ4n) is 2.67. The van der Waals surface area contributed by atoms with Crippen molar-refractivity contribution in [3.63, 3.8) is 0 Å². The molecule has 88 valence electrons. The van der Waals surface area contributed by atoms with Crippen LogP contribution in [0.2, 0.25) is 0 Å². The minimum Gasteiger partial charge on any atom is -0.348 e. The molecule has 0 aromatic heterocycles. The molecule has 0 atom stereocenters. The van der Waals surface area contributed by atoms with E-state index in [0.29, 0.717) is 0 Å². The molecule has 1 aliphatic carbocycles. The van der Waals surface area contributed by atoms with Gasteiger partial charge in [-0.1, -0.05) is 6.92 Å². The second-order valence-electron chi connectivity index (χ2n) is 4.69. The molecule has 15 heavy (non-hydrogen) atoms. The van der Waals surface area contributed by atoms with E-state index in [2.05, 4.69) is 12.2 Å². The third-order valence-electron chi connectivity index (χ3n) is 3.66. The highest BCUT2D eigenvalue weighted by molar-refractivity contribution is 4.82. The van der Waals surface area contributed by atoms with Crippen molar-refractivity contribution >= 4 is 0 Å². The van der Waals surface area contributed by atoms with Gasteiger partial charge in [0.15, 0.2) is 5.79 Å². The average Bonchev–Trinajstić information content (AvgIpc) is 2.71. The minimum atomic E-state index is -0.172. The molecule has 1 heterocycles. The fraction of sp³-hybridized carbons (Fsp3) is 1.00. The Morgan fingerprint density at radius 1 is 1.20 bits per heavy atom. The fourth-order valence-corrected chi connectivity index (χ4v) is 2.67. The van der Waals surface area contributed by atoms with Gasteiger partial charge in [0.1, 0.15) is 0 Å². The van der Waals surface area contributed by atoms with Crippen molar-refractivity contribution in [2.45, 2.75) is 44.8 Å². The number of hydrogen-bond acceptors (Lipinski definition) is 3. The summed E-state index contributed by atoms with van der Waals surface area (Å²) in [5, 5.41) is 3.39. The Morgan fingerprint density at radius 2 is 1.87 bits per heavy atom. The summed E-state index contributed by atoms with van der Waals surface area (Å²) >= 11 is 0. The molecule has 1 saturated heterocycles. The van der Waals surface area contributed by atoms with Gasteiger partial charge in [-0.05, 0) is 38.3 Å². The molecular formula is C12H23NO2. The highest BCUT2D eigenvalue weighted by Gasteiger charge is 2.39. The molecule has 1 spiro atoms. The molecule has 0 radical (unpaired) electrons. The summed E-state index contributed by atoms with van der Waals surface area (Å²) in [5.74, 6) is 0.705. The van der Waals surface area contributed by atoms with E-state index < -0.39 is 0 Å². The van der Waals surface area contributed by atoms with Crippen LogP contribution >= 0.6 is 0 Å². The van der Waals surface area contributed by atoms with Crippen molar-refractivity contribution in [2.24, 2.45) is 5.92 Å². The molecule has 2 fully saturated rings. The normalized spacial score (nSPS) is 26.2. The number of rotatable bonds is 4. The zero-order valence-electron chi connectivity index (χ0n) is 9.76. The zero-order chi connectivity index (χ0) is 10.6. The van der Waals surface area contributed by atoms with E-state index in [-0.39, 0.29) is 5.79 Å². The second-order valence-corrected chi connectivity index (χ2v) is 4.69. The third kappa shape index (κ3) is 2.92. The summed E-state index contributed by atoms with van der Waals surface area (Å²) in [7, 11) is 0. The molecule has 0 unspecified atom stereocenters. The van der Waals surface area contributed by atoms with E-state index in [0.717, 1.165) is 45.1 Å². The molecule has 0 aromatic rings. The Balaban J connectivity index is 1.67. The van der Waals surface area contributed by atoms with Crippen molar-refractivity contribution in [3.8, 4) is 0 Å². The van der Waals surface area contributed by atoms with Crippen molar-refractivity contribution in [3.05, 3.63) is 0 Å². The molecule has 3 heteroatoms. The van der Waals surface area contributed by atoms with Crippen LogP contribution in [-0.2, 0) is 9.47 Å². The van der Waals surface area contributed by atoms with Gasteiger partial charge < -0.3 is 14.8 Å². The maximum Gasteiger partial charge on any atom is 0.168 e. The average molecular weight is 213 g/mol. The molecule has 0 amide bonds. The lowest BCUT2D eigenvalue weighted by Gasteiger charge is -2.35. The highest BCUT2D eigenvalue weighted by atomic mass is 16.7. The van der Waals surface area contributed by atoms with Crippen LogP contribution in [0.15, 0.2) is 0 Å². The van der Waals surface area contributed by atoms with Crippen LogP contribution in [0.25, 0.3) is 0 Å². The first-order valence-electron chi connectivity index (χ1n) is 6.33. The van der Waals surface area contributed by atoms with Gasteiger partial charge in [0.2, 0.25) is 0 Å². The van der Waals surface area contributed by atoms with Crippen LogP contribution in [0.4, 0.5) is 0 Å². The van der Waals surface area contributed by atoms with E-state index in [1.807, 2.05) is 0 Å². The van der Waals surface area contributed by atoms with Crippen LogP contribution in [0.3, 0.4) is 0 Å². The first-order chi connectivity index (χ1) is 7.35. The van der Waals surface area contributed by atoms with Gasteiger partial charge in [0, 0.05) is 12.8 Å². The van der Waals surface area contributed by atoms with Gasteiger partial charge >= 0.3 is 0 Å². The number of hydrogen-bond donors (Lipinski definition) is 1. The summed E-state index contributed by atoms with van der Waals surface area (Å²) < 4.78 is 11.4. The molecule has 0 bridgehead atoms. The predicted molar refractivity (Wildman–Crippen MR) is 59.8 cm³/mol. The van der Waals surface area contributed by atoms with Crippen LogP contribution in [0, 0.1) is 5.92 Å². The summed E-state index contributed by atoms with van der Waals surface area (Å²) in [6, 6.07) is 0. The van der Waals surface area contributed by atoms with E-state index in [9.17, 15) is 0 Å². The topological polar surface area (TPSA) is 30.5 Å². The molecule has 1 N–H and O–H groups in total. The molecule has 1 aliphatic heterocycles. The monoisotopic (exact) mass is 213 g/mol. The highest BCUT2D eigenvalue weighted by Crippen LogP contribution is 2.39. The predicted octanol–water partition coefficient (Wildman–Crippen LogP) is 1.92. The Kier molecular flexibility index (Phi) is 4.00. The summed E-state index contributed by atoms with van der Waals surface area (Å²) in [6.07, 6.45) is 6.05. The van der Waals surface area contributed by atoms with Crippen LogP contribution in [-0.4, -0.2) is 32.1 Å². The maximum atomic E-state index is 5.72. The summed E-state index contributed by atoms with van der Waals surface area (Å²) in [4.78, 5) is 0. The van der Waals surface area contributed by atoms with Crippen molar-refractivity contribution in [1.29, 1.82) is 0 Å². The van der Waals surface area contributed by atoms with Crippen LogP contribution in [0.5, 0.6) is 0 Å². The summed E-state index contributed by atoms with van der Waals surface area (Å²) in [5.41, 5.74) is 0. The van der Waals surface area contributed by atoms with Gasteiger partial charge in [0.25, 0.3) is 0 Å². The Hall–Kier alpha value is -0.120. The first kappa shape index (κ1) is 11.4. The van der Waals surface area contributed by atoms with E-state index >= 15 is 0 Å². The Bertz CT molecular complexity index is 180. The lowest BCUT2D eigenvalue weighted by Crippen LogP contribution is -2.35. The first-order valence-corrected chi connectivity index (χ1v) is 6.33. The standard InChI is InChI=1S/C12H23NO2/c1-2-13-8-5-11-3-6-12(7-4-11)14-9-10-15-12/h11,13H,2-10H2,1H3. The Labute approximate surface area is 92.5 Å². The van der Waals surface area contributed by atoms with Gasteiger partial charge in [-0.3, -0.25) is 0 Å². The van der Waals surface area contributed by atoms with Gasteiger partial charge in [0.05, 0.1) is 13.2 Å². The van der Waals surface area contributed by atoms with Crippen LogP contribution in [0.1, 0.15) is 39.0 Å². The minimum absolute atomic E-state index is 0.172. The lowest BCUT2D eigenvalue weighted by molar-refractivity contribution is -0.182.